The van der Waals surface area contributed by atoms with Gasteiger partial charge in [0.05, 0.1) is 17.8 Å². The summed E-state index contributed by atoms with van der Waals surface area (Å²) in [4.78, 5) is 28.5. The average molecular weight is 473 g/mol. The third kappa shape index (κ3) is 6.42. The number of benzene rings is 2. The quantitative estimate of drug-likeness (QED) is 0.499. The molecule has 2 amide bonds. The highest BCUT2D eigenvalue weighted by Gasteiger charge is 2.33. The SMILES string of the molecule is O=C(CN1CCN(C(=O)c2ccc(SC(F)F)cc2)CC1)Nc1ccccc1C(F)(F)F. The molecule has 0 saturated carbocycles. The second-order valence-electron chi connectivity index (χ2n) is 7.06. The van der Waals surface area contributed by atoms with Crippen LogP contribution in [0.4, 0.5) is 27.6 Å². The molecule has 2 aromatic carbocycles. The number of piperazine rings is 1. The first-order valence-electron chi connectivity index (χ1n) is 9.66. The molecule has 0 spiro atoms. The zero-order valence-corrected chi connectivity index (χ0v) is 17.6. The standard InChI is InChI=1S/C21H20F5N3O2S/c22-20(23)32-15-7-5-14(6-8-15)19(31)29-11-9-28(10-12-29)13-18(30)27-17-4-2-1-3-16(17)21(24,25)26/h1-8,20H,9-13H2,(H,27,30). The molecule has 1 fully saturated rings. The van der Waals surface area contributed by atoms with Crippen molar-refractivity contribution in [2.75, 3.05) is 38.0 Å². The van der Waals surface area contributed by atoms with E-state index in [0.717, 1.165) is 6.07 Å². The normalized spacial score (nSPS) is 15.1. The van der Waals surface area contributed by atoms with E-state index < -0.39 is 23.4 Å². The summed E-state index contributed by atoms with van der Waals surface area (Å²) in [5, 5.41) is 2.31. The summed E-state index contributed by atoms with van der Waals surface area (Å²) in [5.41, 5.74) is -0.840. The van der Waals surface area contributed by atoms with E-state index in [4.69, 9.17) is 0 Å². The molecule has 0 bridgehead atoms. The van der Waals surface area contributed by atoms with Gasteiger partial charge in [-0.05, 0) is 36.4 Å². The minimum atomic E-state index is -4.58. The highest BCUT2D eigenvalue weighted by atomic mass is 32.2. The van der Waals surface area contributed by atoms with Crippen molar-refractivity contribution in [1.82, 2.24) is 9.80 Å². The van der Waals surface area contributed by atoms with Gasteiger partial charge in [0.25, 0.3) is 11.7 Å². The topological polar surface area (TPSA) is 52.7 Å². The molecule has 1 aliphatic heterocycles. The van der Waals surface area contributed by atoms with Crippen molar-refractivity contribution in [3.8, 4) is 0 Å². The molecule has 1 aliphatic rings. The number of amides is 2. The maximum absolute atomic E-state index is 13.1. The Morgan fingerprint density at radius 1 is 0.969 bits per heavy atom. The van der Waals surface area contributed by atoms with Gasteiger partial charge in [-0.3, -0.25) is 14.5 Å². The second kappa shape index (κ2) is 10.3. The molecular formula is C21H20F5N3O2S. The van der Waals surface area contributed by atoms with Gasteiger partial charge in [0.2, 0.25) is 5.91 Å². The predicted octanol–water partition coefficient (Wildman–Crippen LogP) is 4.42. The van der Waals surface area contributed by atoms with Crippen LogP contribution in [-0.2, 0) is 11.0 Å². The lowest BCUT2D eigenvalue weighted by Gasteiger charge is -2.34. The predicted molar refractivity (Wildman–Crippen MR) is 111 cm³/mol. The highest BCUT2D eigenvalue weighted by molar-refractivity contribution is 7.99. The van der Waals surface area contributed by atoms with Crippen molar-refractivity contribution in [3.63, 3.8) is 0 Å². The van der Waals surface area contributed by atoms with E-state index in [1.165, 1.54) is 42.5 Å². The lowest BCUT2D eigenvalue weighted by molar-refractivity contribution is -0.137. The fraction of sp³-hybridized carbons (Fsp3) is 0.333. The number of rotatable bonds is 6. The van der Waals surface area contributed by atoms with Crippen LogP contribution >= 0.6 is 11.8 Å². The molecule has 172 valence electrons. The zero-order chi connectivity index (χ0) is 23.3. The largest absolute Gasteiger partial charge is 0.418 e. The van der Waals surface area contributed by atoms with Gasteiger partial charge in [-0.1, -0.05) is 23.9 Å². The van der Waals surface area contributed by atoms with E-state index in [0.29, 0.717) is 48.4 Å². The lowest BCUT2D eigenvalue weighted by Crippen LogP contribution is -2.50. The molecule has 1 saturated heterocycles. The van der Waals surface area contributed by atoms with E-state index in [2.05, 4.69) is 5.32 Å². The van der Waals surface area contributed by atoms with Crippen LogP contribution < -0.4 is 5.32 Å². The third-order valence-corrected chi connectivity index (χ3v) is 5.58. The van der Waals surface area contributed by atoms with Crippen LogP contribution in [0.5, 0.6) is 0 Å². The van der Waals surface area contributed by atoms with E-state index in [9.17, 15) is 31.5 Å². The fourth-order valence-corrected chi connectivity index (χ4v) is 3.80. The van der Waals surface area contributed by atoms with Gasteiger partial charge < -0.3 is 10.2 Å². The van der Waals surface area contributed by atoms with Gasteiger partial charge >= 0.3 is 6.18 Å². The van der Waals surface area contributed by atoms with E-state index in [1.54, 1.807) is 9.80 Å². The molecule has 1 heterocycles. The second-order valence-corrected chi connectivity index (χ2v) is 8.13. The van der Waals surface area contributed by atoms with Crippen molar-refractivity contribution in [2.24, 2.45) is 0 Å². The molecule has 0 atom stereocenters. The molecule has 0 unspecified atom stereocenters. The van der Waals surface area contributed by atoms with E-state index >= 15 is 0 Å². The Bertz CT molecular complexity index is 945. The Balaban J connectivity index is 1.51. The fourth-order valence-electron chi connectivity index (χ4n) is 3.30. The molecule has 3 rings (SSSR count). The third-order valence-electron chi connectivity index (χ3n) is 4.86. The number of halogens is 5. The Morgan fingerprint density at radius 3 is 2.19 bits per heavy atom. The number of hydrogen-bond donors (Lipinski definition) is 1. The van der Waals surface area contributed by atoms with Gasteiger partial charge in [-0.2, -0.15) is 22.0 Å². The van der Waals surface area contributed by atoms with Gasteiger partial charge in [-0.25, -0.2) is 0 Å². The van der Waals surface area contributed by atoms with Crippen LogP contribution in [0.2, 0.25) is 0 Å². The summed E-state index contributed by atoms with van der Waals surface area (Å²) in [7, 11) is 0. The summed E-state index contributed by atoms with van der Waals surface area (Å²) in [6.45, 7) is 1.31. The number of anilines is 1. The van der Waals surface area contributed by atoms with E-state index in [-0.39, 0.29) is 18.1 Å². The number of alkyl halides is 5. The molecular weight excluding hydrogens is 453 g/mol. The highest BCUT2D eigenvalue weighted by Crippen LogP contribution is 2.34. The number of carbonyl (C=O) groups excluding carboxylic acids is 2. The van der Waals surface area contributed by atoms with Gasteiger partial charge in [-0.15, -0.1) is 0 Å². The van der Waals surface area contributed by atoms with Crippen LogP contribution in [0.15, 0.2) is 53.4 Å². The monoisotopic (exact) mass is 473 g/mol. The molecule has 11 heteroatoms. The first kappa shape index (κ1) is 24.0. The van der Waals surface area contributed by atoms with Crippen molar-refractivity contribution >= 4 is 29.3 Å². The van der Waals surface area contributed by atoms with Crippen LogP contribution in [0.1, 0.15) is 15.9 Å². The van der Waals surface area contributed by atoms with Crippen LogP contribution in [0.3, 0.4) is 0 Å². The van der Waals surface area contributed by atoms with Crippen molar-refractivity contribution in [1.29, 1.82) is 0 Å². The molecule has 0 aliphatic carbocycles. The smallest absolute Gasteiger partial charge is 0.336 e. The van der Waals surface area contributed by atoms with Crippen LogP contribution in [0.25, 0.3) is 0 Å². The van der Waals surface area contributed by atoms with Crippen LogP contribution in [-0.4, -0.2) is 60.1 Å². The Morgan fingerprint density at radius 2 is 1.59 bits per heavy atom. The Hall–Kier alpha value is -2.66. The van der Waals surface area contributed by atoms with Gasteiger partial charge in [0, 0.05) is 36.6 Å². The number of para-hydroxylation sites is 1. The summed E-state index contributed by atoms with van der Waals surface area (Å²) in [6, 6.07) is 10.7. The van der Waals surface area contributed by atoms with Crippen molar-refractivity contribution in [3.05, 3.63) is 59.7 Å². The van der Waals surface area contributed by atoms with E-state index in [1.807, 2.05) is 0 Å². The lowest BCUT2D eigenvalue weighted by atomic mass is 10.1. The minimum absolute atomic E-state index is 0.103. The number of thioether (sulfide) groups is 1. The first-order valence-corrected chi connectivity index (χ1v) is 10.5. The molecule has 0 aromatic heterocycles. The van der Waals surface area contributed by atoms with Gasteiger partial charge in [0.1, 0.15) is 0 Å². The summed E-state index contributed by atoms with van der Waals surface area (Å²) < 4.78 is 64.0. The summed E-state index contributed by atoms with van der Waals surface area (Å²) in [5.74, 6) is -3.36. The molecule has 0 radical (unpaired) electrons. The van der Waals surface area contributed by atoms with Gasteiger partial charge in [0.15, 0.2) is 0 Å². The minimum Gasteiger partial charge on any atom is -0.336 e. The number of carbonyl (C=O) groups is 2. The van der Waals surface area contributed by atoms with Crippen LogP contribution in [0, 0.1) is 0 Å². The molecule has 32 heavy (non-hydrogen) atoms. The number of hydrogen-bond acceptors (Lipinski definition) is 4. The number of nitrogens with one attached hydrogen (secondary N) is 1. The average Bonchev–Trinajstić information content (AvgIpc) is 2.73. The van der Waals surface area contributed by atoms with Crippen molar-refractivity contribution < 1.29 is 31.5 Å². The summed E-state index contributed by atoms with van der Waals surface area (Å²) in [6.07, 6.45) is -4.58. The maximum atomic E-state index is 13.1. The van der Waals surface area contributed by atoms with Crippen molar-refractivity contribution in [2.45, 2.75) is 16.8 Å². The molecule has 5 nitrogen and oxygen atoms in total. The zero-order valence-electron chi connectivity index (χ0n) is 16.7. The molecule has 1 N–H and O–H groups in total. The summed E-state index contributed by atoms with van der Waals surface area (Å²) >= 11 is 0.398. The number of nitrogens with zero attached hydrogens (tertiary/aromatic N) is 2. The maximum Gasteiger partial charge on any atom is 0.418 e. The Kier molecular flexibility index (Phi) is 7.73. The first-order chi connectivity index (χ1) is 15.1. The molecule has 2 aromatic rings. The Labute approximate surface area is 185 Å².